The minimum Gasteiger partial charge on any atom is -0.491 e. The van der Waals surface area contributed by atoms with E-state index in [9.17, 15) is 5.11 Å². The van der Waals surface area contributed by atoms with Crippen molar-refractivity contribution >= 4 is 27.3 Å². The van der Waals surface area contributed by atoms with Crippen molar-refractivity contribution in [1.29, 1.82) is 0 Å². The molecule has 2 aromatic rings. The Bertz CT molecular complexity index is 526. The van der Waals surface area contributed by atoms with Gasteiger partial charge >= 0.3 is 0 Å². The van der Waals surface area contributed by atoms with Gasteiger partial charge in [-0.15, -0.1) is 11.3 Å². The van der Waals surface area contributed by atoms with Crippen LogP contribution in [0.3, 0.4) is 0 Å². The van der Waals surface area contributed by atoms with Crippen LogP contribution in [0.4, 0.5) is 0 Å². The molecule has 1 aromatic heterocycles. The topological polar surface area (TPSA) is 29.5 Å². The van der Waals surface area contributed by atoms with Crippen LogP contribution >= 0.6 is 27.3 Å². The Morgan fingerprint density at radius 2 is 1.84 bits per heavy atom. The molecule has 0 radical (unpaired) electrons. The summed E-state index contributed by atoms with van der Waals surface area (Å²) in [6.45, 7) is 6.01. The van der Waals surface area contributed by atoms with Crippen LogP contribution in [0, 0.1) is 6.92 Å². The van der Waals surface area contributed by atoms with Crippen LogP contribution in [-0.4, -0.2) is 11.2 Å². The molecule has 1 heterocycles. The molecular formula is C15H17BrO2S. The zero-order valence-corrected chi connectivity index (χ0v) is 13.6. The van der Waals surface area contributed by atoms with Crippen molar-refractivity contribution in [2.24, 2.45) is 0 Å². The number of thiophene rings is 1. The van der Waals surface area contributed by atoms with Crippen molar-refractivity contribution in [3.05, 3.63) is 50.1 Å². The van der Waals surface area contributed by atoms with Gasteiger partial charge in [0.05, 0.1) is 9.89 Å². The average molecular weight is 341 g/mol. The molecule has 0 saturated carbocycles. The van der Waals surface area contributed by atoms with Gasteiger partial charge in [0.25, 0.3) is 0 Å². The van der Waals surface area contributed by atoms with Gasteiger partial charge in [0.1, 0.15) is 11.9 Å². The lowest BCUT2D eigenvalue weighted by Gasteiger charge is -2.12. The second kappa shape index (κ2) is 6.07. The van der Waals surface area contributed by atoms with Crippen molar-refractivity contribution in [3.8, 4) is 5.75 Å². The molecule has 1 atom stereocenters. The molecule has 0 aliphatic rings. The van der Waals surface area contributed by atoms with Crippen LogP contribution in [-0.2, 0) is 0 Å². The molecular weight excluding hydrogens is 324 g/mol. The van der Waals surface area contributed by atoms with Crippen molar-refractivity contribution in [1.82, 2.24) is 0 Å². The Kier molecular flexibility index (Phi) is 4.66. The molecule has 19 heavy (non-hydrogen) atoms. The Morgan fingerprint density at radius 1 is 1.21 bits per heavy atom. The van der Waals surface area contributed by atoms with Gasteiger partial charge < -0.3 is 9.84 Å². The number of aliphatic hydroxyl groups excluding tert-OH is 1. The van der Waals surface area contributed by atoms with Gasteiger partial charge in [-0.2, -0.15) is 0 Å². The maximum atomic E-state index is 10.4. The molecule has 2 nitrogen and oxygen atoms in total. The Morgan fingerprint density at radius 3 is 2.32 bits per heavy atom. The van der Waals surface area contributed by atoms with E-state index >= 15 is 0 Å². The first-order valence-corrected chi connectivity index (χ1v) is 7.79. The molecule has 0 amide bonds. The monoisotopic (exact) mass is 340 g/mol. The standard InChI is InChI=1S/C15H17BrO2S/c1-9(2)18-12-6-4-11(5-7-12)14(17)13-8-10(3)15(16)19-13/h4-9,14,17H,1-3H3. The van der Waals surface area contributed by atoms with Gasteiger partial charge in [0.2, 0.25) is 0 Å². The number of aliphatic hydroxyl groups is 1. The number of rotatable bonds is 4. The first-order valence-electron chi connectivity index (χ1n) is 6.18. The maximum absolute atomic E-state index is 10.4. The van der Waals surface area contributed by atoms with E-state index in [4.69, 9.17) is 4.74 Å². The van der Waals surface area contributed by atoms with Crippen LogP contribution in [0.15, 0.2) is 34.1 Å². The molecule has 0 aliphatic carbocycles. The van der Waals surface area contributed by atoms with Crippen LogP contribution in [0.2, 0.25) is 0 Å². The van der Waals surface area contributed by atoms with E-state index < -0.39 is 6.10 Å². The molecule has 2 rings (SSSR count). The third-order valence-electron chi connectivity index (χ3n) is 2.71. The number of hydrogen-bond acceptors (Lipinski definition) is 3. The third kappa shape index (κ3) is 3.59. The van der Waals surface area contributed by atoms with E-state index in [1.807, 2.05) is 51.1 Å². The fourth-order valence-electron chi connectivity index (χ4n) is 1.78. The number of aryl methyl sites for hydroxylation is 1. The molecule has 102 valence electrons. The van der Waals surface area contributed by atoms with E-state index in [2.05, 4.69) is 15.9 Å². The van der Waals surface area contributed by atoms with Crippen molar-refractivity contribution < 1.29 is 9.84 Å². The summed E-state index contributed by atoms with van der Waals surface area (Å²) in [4.78, 5) is 0.946. The largest absolute Gasteiger partial charge is 0.491 e. The van der Waals surface area contributed by atoms with E-state index in [0.717, 1.165) is 25.5 Å². The minimum atomic E-state index is -0.580. The lowest BCUT2D eigenvalue weighted by molar-refractivity contribution is 0.223. The first-order chi connectivity index (χ1) is 8.97. The van der Waals surface area contributed by atoms with E-state index in [1.54, 1.807) is 11.3 Å². The summed E-state index contributed by atoms with van der Waals surface area (Å²) < 4.78 is 6.66. The molecule has 0 fully saturated rings. The predicted molar refractivity (Wildman–Crippen MR) is 83.0 cm³/mol. The van der Waals surface area contributed by atoms with Crippen LogP contribution in [0.5, 0.6) is 5.75 Å². The predicted octanol–water partition coefficient (Wildman–Crippen LogP) is 4.69. The summed E-state index contributed by atoms with van der Waals surface area (Å²) in [5.74, 6) is 0.828. The number of ether oxygens (including phenoxy) is 1. The van der Waals surface area contributed by atoms with Crippen molar-refractivity contribution in [2.45, 2.75) is 33.0 Å². The van der Waals surface area contributed by atoms with Crippen molar-refractivity contribution in [3.63, 3.8) is 0 Å². The molecule has 0 bridgehead atoms. The van der Waals surface area contributed by atoms with Crippen LogP contribution in [0.25, 0.3) is 0 Å². The minimum absolute atomic E-state index is 0.159. The molecule has 0 aliphatic heterocycles. The lowest BCUT2D eigenvalue weighted by Crippen LogP contribution is -2.05. The van der Waals surface area contributed by atoms with Gasteiger partial charge in [-0.3, -0.25) is 0 Å². The van der Waals surface area contributed by atoms with Gasteiger partial charge in [-0.25, -0.2) is 0 Å². The zero-order valence-electron chi connectivity index (χ0n) is 11.2. The van der Waals surface area contributed by atoms with Gasteiger partial charge in [0.15, 0.2) is 0 Å². The highest BCUT2D eigenvalue weighted by molar-refractivity contribution is 9.11. The summed E-state index contributed by atoms with van der Waals surface area (Å²) in [6, 6.07) is 9.62. The molecule has 1 unspecified atom stereocenters. The van der Waals surface area contributed by atoms with Gasteiger partial charge in [-0.1, -0.05) is 12.1 Å². The zero-order chi connectivity index (χ0) is 14.0. The maximum Gasteiger partial charge on any atom is 0.119 e. The lowest BCUT2D eigenvalue weighted by atomic mass is 10.1. The highest BCUT2D eigenvalue weighted by atomic mass is 79.9. The number of halogens is 1. The van der Waals surface area contributed by atoms with Gasteiger partial charge in [0, 0.05) is 4.88 Å². The Balaban J connectivity index is 2.17. The van der Waals surface area contributed by atoms with Crippen molar-refractivity contribution in [2.75, 3.05) is 0 Å². The smallest absolute Gasteiger partial charge is 0.119 e. The fourth-order valence-corrected chi connectivity index (χ4v) is 3.37. The molecule has 0 saturated heterocycles. The summed E-state index contributed by atoms with van der Waals surface area (Å²) in [7, 11) is 0. The molecule has 1 aromatic carbocycles. The van der Waals surface area contributed by atoms with E-state index in [1.165, 1.54) is 0 Å². The third-order valence-corrected chi connectivity index (χ3v) is 4.90. The van der Waals surface area contributed by atoms with Crippen LogP contribution in [0.1, 0.15) is 36.0 Å². The van der Waals surface area contributed by atoms with Crippen LogP contribution < -0.4 is 4.74 Å². The highest BCUT2D eigenvalue weighted by Gasteiger charge is 2.14. The van der Waals surface area contributed by atoms with E-state index in [0.29, 0.717) is 0 Å². The Hall–Kier alpha value is -0.840. The second-order valence-corrected chi connectivity index (χ2v) is 7.15. The fraction of sp³-hybridized carbons (Fsp3) is 0.333. The summed E-state index contributed by atoms with van der Waals surface area (Å²) in [5, 5.41) is 10.4. The number of hydrogen-bond donors (Lipinski definition) is 1. The average Bonchev–Trinajstić information content (AvgIpc) is 2.69. The first kappa shape index (κ1) is 14.6. The summed E-state index contributed by atoms with van der Waals surface area (Å²) >= 11 is 5.05. The Labute approximate surface area is 126 Å². The quantitative estimate of drug-likeness (QED) is 0.874. The summed E-state index contributed by atoms with van der Waals surface area (Å²) in [5.41, 5.74) is 2.03. The molecule has 0 spiro atoms. The highest BCUT2D eigenvalue weighted by Crippen LogP contribution is 2.34. The second-order valence-electron chi connectivity index (χ2n) is 4.74. The van der Waals surface area contributed by atoms with Gasteiger partial charge in [-0.05, 0) is 66.0 Å². The summed E-state index contributed by atoms with van der Waals surface area (Å²) in [6.07, 6.45) is -0.422. The molecule has 1 N–H and O–H groups in total. The molecule has 4 heteroatoms. The normalized spacial score (nSPS) is 12.7. The van der Waals surface area contributed by atoms with E-state index in [-0.39, 0.29) is 6.10 Å². The SMILES string of the molecule is Cc1cc(C(O)c2ccc(OC(C)C)cc2)sc1Br. The number of benzene rings is 1.